The highest BCUT2D eigenvalue weighted by Gasteiger charge is 2.22. The SMILES string of the molecule is COc1ccc(OC)c(C2CCC(C)CN2)c1. The van der Waals surface area contributed by atoms with Crippen LogP contribution in [0.4, 0.5) is 0 Å². The zero-order chi connectivity index (χ0) is 12.3. The lowest BCUT2D eigenvalue weighted by Gasteiger charge is -2.29. The Balaban J connectivity index is 2.23. The number of hydrogen-bond donors (Lipinski definition) is 1. The third-order valence-corrected chi connectivity index (χ3v) is 3.47. The zero-order valence-electron chi connectivity index (χ0n) is 10.8. The van der Waals surface area contributed by atoms with Crippen LogP contribution in [0.2, 0.25) is 0 Å². The van der Waals surface area contributed by atoms with Crippen molar-refractivity contribution in [2.45, 2.75) is 25.8 Å². The molecule has 1 saturated heterocycles. The zero-order valence-corrected chi connectivity index (χ0v) is 10.8. The Morgan fingerprint density at radius 1 is 1.18 bits per heavy atom. The Labute approximate surface area is 103 Å². The van der Waals surface area contributed by atoms with E-state index in [4.69, 9.17) is 9.47 Å². The van der Waals surface area contributed by atoms with Gasteiger partial charge in [0.05, 0.1) is 14.2 Å². The summed E-state index contributed by atoms with van der Waals surface area (Å²) in [5.41, 5.74) is 1.21. The Bertz CT molecular complexity index is 370. The van der Waals surface area contributed by atoms with Crippen LogP contribution in [0.5, 0.6) is 11.5 Å². The van der Waals surface area contributed by atoms with Crippen molar-refractivity contribution in [3.63, 3.8) is 0 Å². The Morgan fingerprint density at radius 2 is 2.00 bits per heavy atom. The van der Waals surface area contributed by atoms with E-state index in [1.54, 1.807) is 14.2 Å². The van der Waals surface area contributed by atoms with Gasteiger partial charge in [-0.3, -0.25) is 0 Å². The van der Waals surface area contributed by atoms with E-state index in [1.165, 1.54) is 12.0 Å². The Kier molecular flexibility index (Phi) is 3.89. The molecule has 17 heavy (non-hydrogen) atoms. The van der Waals surface area contributed by atoms with Gasteiger partial charge in [0.15, 0.2) is 0 Å². The molecule has 3 nitrogen and oxygen atoms in total. The fourth-order valence-electron chi connectivity index (χ4n) is 2.38. The molecule has 1 heterocycles. The van der Waals surface area contributed by atoms with Gasteiger partial charge in [0.2, 0.25) is 0 Å². The minimum absolute atomic E-state index is 0.385. The van der Waals surface area contributed by atoms with E-state index in [1.807, 2.05) is 12.1 Å². The van der Waals surface area contributed by atoms with Gasteiger partial charge in [-0.25, -0.2) is 0 Å². The summed E-state index contributed by atoms with van der Waals surface area (Å²) in [4.78, 5) is 0. The van der Waals surface area contributed by atoms with Gasteiger partial charge in [-0.05, 0) is 43.5 Å². The van der Waals surface area contributed by atoms with Crippen LogP contribution in [0.15, 0.2) is 18.2 Å². The second-order valence-corrected chi connectivity index (χ2v) is 4.75. The fourth-order valence-corrected chi connectivity index (χ4v) is 2.38. The molecule has 2 rings (SSSR count). The highest BCUT2D eigenvalue weighted by Crippen LogP contribution is 2.34. The maximum atomic E-state index is 5.43. The molecule has 2 unspecified atom stereocenters. The fraction of sp³-hybridized carbons (Fsp3) is 0.571. The second kappa shape index (κ2) is 5.41. The van der Waals surface area contributed by atoms with Gasteiger partial charge in [-0.2, -0.15) is 0 Å². The molecule has 1 fully saturated rings. The van der Waals surface area contributed by atoms with Gasteiger partial charge >= 0.3 is 0 Å². The lowest BCUT2D eigenvalue weighted by atomic mass is 9.91. The lowest BCUT2D eigenvalue weighted by Crippen LogP contribution is -2.32. The maximum Gasteiger partial charge on any atom is 0.123 e. The Hall–Kier alpha value is -1.22. The molecule has 2 atom stereocenters. The summed E-state index contributed by atoms with van der Waals surface area (Å²) in [7, 11) is 3.42. The molecule has 3 heteroatoms. The summed E-state index contributed by atoms with van der Waals surface area (Å²) in [5, 5.41) is 3.58. The molecule has 1 aliphatic heterocycles. The first kappa shape index (κ1) is 12.2. The van der Waals surface area contributed by atoms with Crippen molar-refractivity contribution < 1.29 is 9.47 Å². The van der Waals surface area contributed by atoms with Crippen molar-refractivity contribution in [3.05, 3.63) is 23.8 Å². The topological polar surface area (TPSA) is 30.5 Å². The van der Waals surface area contributed by atoms with Crippen LogP contribution in [0.3, 0.4) is 0 Å². The molecule has 0 saturated carbocycles. The van der Waals surface area contributed by atoms with Crippen LogP contribution < -0.4 is 14.8 Å². The molecule has 94 valence electrons. The van der Waals surface area contributed by atoms with Crippen LogP contribution in [0.25, 0.3) is 0 Å². The van der Waals surface area contributed by atoms with Crippen LogP contribution in [0, 0.1) is 5.92 Å². The molecule has 1 aliphatic rings. The van der Waals surface area contributed by atoms with Gasteiger partial charge < -0.3 is 14.8 Å². The van der Waals surface area contributed by atoms with E-state index >= 15 is 0 Å². The van der Waals surface area contributed by atoms with E-state index in [0.717, 1.165) is 30.4 Å². The smallest absolute Gasteiger partial charge is 0.123 e. The number of benzene rings is 1. The van der Waals surface area contributed by atoms with Crippen molar-refractivity contribution in [1.29, 1.82) is 0 Å². The molecule has 1 N–H and O–H groups in total. The molecule has 0 radical (unpaired) electrons. The molecular weight excluding hydrogens is 214 g/mol. The molecule has 1 aromatic carbocycles. The quantitative estimate of drug-likeness (QED) is 0.874. The average Bonchev–Trinajstić information content (AvgIpc) is 2.39. The van der Waals surface area contributed by atoms with Crippen LogP contribution in [-0.2, 0) is 0 Å². The Morgan fingerprint density at radius 3 is 2.59 bits per heavy atom. The normalized spacial score (nSPS) is 24.4. The van der Waals surface area contributed by atoms with Crippen molar-refractivity contribution in [2.24, 2.45) is 5.92 Å². The average molecular weight is 235 g/mol. The van der Waals surface area contributed by atoms with Crippen LogP contribution in [-0.4, -0.2) is 20.8 Å². The summed E-state index contributed by atoms with van der Waals surface area (Å²) < 4.78 is 10.7. The third kappa shape index (κ3) is 2.72. The van der Waals surface area contributed by atoms with Crippen LogP contribution in [0.1, 0.15) is 31.4 Å². The van der Waals surface area contributed by atoms with Gasteiger partial charge in [0, 0.05) is 11.6 Å². The highest BCUT2D eigenvalue weighted by atomic mass is 16.5. The van der Waals surface area contributed by atoms with Gasteiger partial charge in [-0.15, -0.1) is 0 Å². The van der Waals surface area contributed by atoms with E-state index in [9.17, 15) is 0 Å². The molecule has 0 aliphatic carbocycles. The maximum absolute atomic E-state index is 5.43. The first-order valence-corrected chi connectivity index (χ1v) is 6.20. The lowest BCUT2D eigenvalue weighted by molar-refractivity contribution is 0.320. The van der Waals surface area contributed by atoms with Crippen molar-refractivity contribution in [3.8, 4) is 11.5 Å². The second-order valence-electron chi connectivity index (χ2n) is 4.75. The minimum atomic E-state index is 0.385. The molecule has 0 amide bonds. The number of piperidine rings is 1. The van der Waals surface area contributed by atoms with E-state index < -0.39 is 0 Å². The highest BCUT2D eigenvalue weighted by molar-refractivity contribution is 5.42. The van der Waals surface area contributed by atoms with Crippen molar-refractivity contribution >= 4 is 0 Å². The summed E-state index contributed by atoms with van der Waals surface area (Å²) in [6.45, 7) is 3.36. The van der Waals surface area contributed by atoms with Gasteiger partial charge in [0.1, 0.15) is 11.5 Å². The van der Waals surface area contributed by atoms with Crippen molar-refractivity contribution in [1.82, 2.24) is 5.32 Å². The first-order valence-electron chi connectivity index (χ1n) is 6.20. The summed E-state index contributed by atoms with van der Waals surface area (Å²) in [6.07, 6.45) is 2.42. The van der Waals surface area contributed by atoms with Gasteiger partial charge in [0.25, 0.3) is 0 Å². The first-order chi connectivity index (χ1) is 8.24. The number of methoxy groups -OCH3 is 2. The standard InChI is InChI=1S/C14H21NO2/c1-10-4-6-13(15-9-10)12-8-11(16-2)5-7-14(12)17-3/h5,7-8,10,13,15H,4,6,9H2,1-3H3. The predicted molar refractivity (Wildman–Crippen MR) is 68.7 cm³/mol. The predicted octanol–water partition coefficient (Wildman–Crippen LogP) is 2.76. The minimum Gasteiger partial charge on any atom is -0.497 e. The van der Waals surface area contributed by atoms with Crippen LogP contribution >= 0.6 is 0 Å². The van der Waals surface area contributed by atoms with E-state index in [2.05, 4.69) is 18.3 Å². The summed E-state index contributed by atoms with van der Waals surface area (Å²) >= 11 is 0. The number of ether oxygens (including phenoxy) is 2. The largest absolute Gasteiger partial charge is 0.497 e. The molecule has 0 spiro atoms. The summed E-state index contributed by atoms with van der Waals surface area (Å²) in [5.74, 6) is 2.60. The number of rotatable bonds is 3. The summed E-state index contributed by atoms with van der Waals surface area (Å²) in [6, 6.07) is 6.38. The van der Waals surface area contributed by atoms with E-state index in [0.29, 0.717) is 6.04 Å². The van der Waals surface area contributed by atoms with Gasteiger partial charge in [-0.1, -0.05) is 6.92 Å². The van der Waals surface area contributed by atoms with Crippen molar-refractivity contribution in [2.75, 3.05) is 20.8 Å². The molecule has 0 aromatic heterocycles. The van der Waals surface area contributed by atoms with E-state index in [-0.39, 0.29) is 0 Å². The molecule has 0 bridgehead atoms. The number of hydrogen-bond acceptors (Lipinski definition) is 3. The third-order valence-electron chi connectivity index (χ3n) is 3.47. The molecular formula is C14H21NO2. The molecule has 1 aromatic rings. The number of nitrogens with one attached hydrogen (secondary N) is 1. The monoisotopic (exact) mass is 235 g/mol.